The molecule has 0 spiro atoms. The van der Waals surface area contributed by atoms with Crippen molar-refractivity contribution in [2.24, 2.45) is 17.8 Å². The van der Waals surface area contributed by atoms with Crippen LogP contribution in [0, 0.1) is 24.7 Å². The van der Waals surface area contributed by atoms with Gasteiger partial charge in [0.25, 0.3) is 0 Å². The molecule has 2 rings (SSSR count). The Morgan fingerprint density at radius 2 is 1.79 bits per heavy atom. The number of hydrogen-bond acceptors (Lipinski definition) is 1. The molecule has 2 heteroatoms. The summed E-state index contributed by atoms with van der Waals surface area (Å²) >= 11 is 3.61. The lowest BCUT2D eigenvalue weighted by Gasteiger charge is -2.37. The summed E-state index contributed by atoms with van der Waals surface area (Å²) in [4.78, 5) is 0. The summed E-state index contributed by atoms with van der Waals surface area (Å²) in [5, 5.41) is 3.58. The number of hydrogen-bond donors (Lipinski definition) is 1. The van der Waals surface area contributed by atoms with Crippen LogP contribution in [0.3, 0.4) is 0 Å². The standard InChI is InChI=1S/C17H26BrN/c1-11-7-12(2)9-14(8-11)17(19-4)16-10-15(18)6-5-13(16)3/h5-6,10-12,14,17,19H,7-9H2,1-4H3. The summed E-state index contributed by atoms with van der Waals surface area (Å²) in [7, 11) is 2.11. The quantitative estimate of drug-likeness (QED) is 0.816. The molecule has 0 amide bonds. The number of aryl methyl sites for hydroxylation is 1. The molecule has 1 N–H and O–H groups in total. The third kappa shape index (κ3) is 3.61. The van der Waals surface area contributed by atoms with Crippen molar-refractivity contribution in [1.82, 2.24) is 5.32 Å². The molecule has 0 radical (unpaired) electrons. The van der Waals surface area contributed by atoms with E-state index < -0.39 is 0 Å². The van der Waals surface area contributed by atoms with E-state index in [0.717, 1.165) is 17.8 Å². The van der Waals surface area contributed by atoms with Crippen molar-refractivity contribution in [2.75, 3.05) is 7.05 Å². The van der Waals surface area contributed by atoms with Gasteiger partial charge in [0.15, 0.2) is 0 Å². The summed E-state index contributed by atoms with van der Waals surface area (Å²) in [5.74, 6) is 2.48. The van der Waals surface area contributed by atoms with Crippen LogP contribution < -0.4 is 5.32 Å². The van der Waals surface area contributed by atoms with Crippen molar-refractivity contribution in [3.63, 3.8) is 0 Å². The van der Waals surface area contributed by atoms with Gasteiger partial charge in [0.1, 0.15) is 0 Å². The predicted octanol–water partition coefficient (Wildman–Crippen LogP) is 5.09. The SMILES string of the molecule is CNC(c1cc(Br)ccc1C)C1CC(C)CC(C)C1. The fourth-order valence-corrected chi connectivity index (χ4v) is 4.25. The van der Waals surface area contributed by atoms with Crippen molar-refractivity contribution in [3.05, 3.63) is 33.8 Å². The van der Waals surface area contributed by atoms with E-state index in [1.807, 2.05) is 0 Å². The van der Waals surface area contributed by atoms with Crippen LogP contribution in [-0.4, -0.2) is 7.05 Å². The second-order valence-corrected chi connectivity index (χ2v) is 7.36. The molecule has 1 aromatic rings. The molecule has 0 aliphatic heterocycles. The van der Waals surface area contributed by atoms with Crippen LogP contribution in [0.5, 0.6) is 0 Å². The normalized spacial score (nSPS) is 29.2. The van der Waals surface area contributed by atoms with Gasteiger partial charge >= 0.3 is 0 Å². The third-order valence-electron chi connectivity index (χ3n) is 4.57. The highest BCUT2D eigenvalue weighted by atomic mass is 79.9. The third-order valence-corrected chi connectivity index (χ3v) is 5.07. The van der Waals surface area contributed by atoms with E-state index >= 15 is 0 Å². The molecule has 0 heterocycles. The van der Waals surface area contributed by atoms with Gasteiger partial charge in [0.2, 0.25) is 0 Å². The van der Waals surface area contributed by atoms with E-state index in [4.69, 9.17) is 0 Å². The lowest BCUT2D eigenvalue weighted by Crippen LogP contribution is -2.31. The van der Waals surface area contributed by atoms with Crippen LogP contribution in [0.25, 0.3) is 0 Å². The molecule has 0 saturated heterocycles. The first kappa shape index (κ1) is 15.1. The summed E-state index contributed by atoms with van der Waals surface area (Å²) in [6.45, 7) is 7.04. The first-order chi connectivity index (χ1) is 9.01. The second-order valence-electron chi connectivity index (χ2n) is 6.44. The maximum absolute atomic E-state index is 3.61. The van der Waals surface area contributed by atoms with E-state index in [9.17, 15) is 0 Å². The van der Waals surface area contributed by atoms with Gasteiger partial charge < -0.3 is 5.32 Å². The lowest BCUT2D eigenvalue weighted by atomic mass is 9.72. The van der Waals surface area contributed by atoms with Crippen molar-refractivity contribution >= 4 is 15.9 Å². The molecule has 19 heavy (non-hydrogen) atoms. The van der Waals surface area contributed by atoms with Crippen molar-refractivity contribution in [3.8, 4) is 0 Å². The molecular formula is C17H26BrN. The van der Waals surface area contributed by atoms with Gasteiger partial charge in [-0.15, -0.1) is 0 Å². The van der Waals surface area contributed by atoms with Gasteiger partial charge in [-0.2, -0.15) is 0 Å². The zero-order valence-corrected chi connectivity index (χ0v) is 14.1. The average molecular weight is 324 g/mol. The van der Waals surface area contributed by atoms with E-state index in [1.54, 1.807) is 0 Å². The first-order valence-corrected chi connectivity index (χ1v) is 8.23. The number of halogens is 1. The Morgan fingerprint density at radius 1 is 1.16 bits per heavy atom. The summed E-state index contributed by atoms with van der Waals surface area (Å²) in [5.41, 5.74) is 2.86. The largest absolute Gasteiger partial charge is 0.313 e. The number of nitrogens with one attached hydrogen (secondary N) is 1. The van der Waals surface area contributed by atoms with Gasteiger partial charge in [-0.25, -0.2) is 0 Å². The highest BCUT2D eigenvalue weighted by Crippen LogP contribution is 2.40. The minimum atomic E-state index is 0.489. The molecular weight excluding hydrogens is 298 g/mol. The van der Waals surface area contributed by atoms with E-state index in [2.05, 4.69) is 67.3 Å². The van der Waals surface area contributed by atoms with Crippen LogP contribution in [-0.2, 0) is 0 Å². The molecule has 1 aromatic carbocycles. The van der Waals surface area contributed by atoms with E-state index in [0.29, 0.717) is 6.04 Å². The molecule has 0 bridgehead atoms. The lowest BCUT2D eigenvalue weighted by molar-refractivity contribution is 0.180. The summed E-state index contributed by atoms with van der Waals surface area (Å²) < 4.78 is 1.19. The maximum Gasteiger partial charge on any atom is 0.0349 e. The average Bonchev–Trinajstić information content (AvgIpc) is 2.33. The predicted molar refractivity (Wildman–Crippen MR) is 86.3 cm³/mol. The Hall–Kier alpha value is -0.340. The number of rotatable bonds is 3. The zero-order valence-electron chi connectivity index (χ0n) is 12.5. The van der Waals surface area contributed by atoms with Crippen LogP contribution in [0.15, 0.2) is 22.7 Å². The highest BCUT2D eigenvalue weighted by Gasteiger charge is 2.30. The molecule has 1 saturated carbocycles. The van der Waals surface area contributed by atoms with E-state index in [1.165, 1.54) is 34.9 Å². The van der Waals surface area contributed by atoms with Crippen molar-refractivity contribution < 1.29 is 0 Å². The van der Waals surface area contributed by atoms with Crippen LogP contribution in [0.2, 0.25) is 0 Å². The van der Waals surface area contributed by atoms with Gasteiger partial charge in [-0.05, 0) is 74.2 Å². The molecule has 1 fully saturated rings. The highest BCUT2D eigenvalue weighted by molar-refractivity contribution is 9.10. The zero-order chi connectivity index (χ0) is 14.0. The molecule has 1 aliphatic rings. The second kappa shape index (κ2) is 6.41. The summed E-state index contributed by atoms with van der Waals surface area (Å²) in [6.07, 6.45) is 4.09. The van der Waals surface area contributed by atoms with Crippen LogP contribution in [0.4, 0.5) is 0 Å². The summed E-state index contributed by atoms with van der Waals surface area (Å²) in [6, 6.07) is 7.14. The molecule has 1 nitrogen and oxygen atoms in total. The molecule has 3 atom stereocenters. The Balaban J connectivity index is 2.26. The molecule has 1 aliphatic carbocycles. The smallest absolute Gasteiger partial charge is 0.0349 e. The Morgan fingerprint density at radius 3 is 2.37 bits per heavy atom. The molecule has 106 valence electrons. The van der Waals surface area contributed by atoms with Gasteiger partial charge in [0, 0.05) is 10.5 Å². The molecule has 3 unspecified atom stereocenters. The van der Waals surface area contributed by atoms with Crippen LogP contribution in [0.1, 0.15) is 50.3 Å². The Bertz CT molecular complexity index is 419. The van der Waals surface area contributed by atoms with Gasteiger partial charge in [-0.1, -0.05) is 35.8 Å². The van der Waals surface area contributed by atoms with Gasteiger partial charge in [0.05, 0.1) is 0 Å². The van der Waals surface area contributed by atoms with E-state index in [-0.39, 0.29) is 0 Å². The minimum Gasteiger partial charge on any atom is -0.313 e. The minimum absolute atomic E-state index is 0.489. The first-order valence-electron chi connectivity index (χ1n) is 7.44. The van der Waals surface area contributed by atoms with Gasteiger partial charge in [-0.3, -0.25) is 0 Å². The van der Waals surface area contributed by atoms with Crippen molar-refractivity contribution in [1.29, 1.82) is 0 Å². The van der Waals surface area contributed by atoms with Crippen LogP contribution >= 0.6 is 15.9 Å². The monoisotopic (exact) mass is 323 g/mol. The fourth-order valence-electron chi connectivity index (χ4n) is 3.87. The fraction of sp³-hybridized carbons (Fsp3) is 0.647. The topological polar surface area (TPSA) is 12.0 Å². The maximum atomic E-state index is 3.61. The van der Waals surface area contributed by atoms with Crippen molar-refractivity contribution in [2.45, 2.75) is 46.1 Å². The Labute approximate surface area is 126 Å². The molecule has 0 aromatic heterocycles. The Kier molecular flexibility index (Phi) is 5.08. The number of benzene rings is 1.